The van der Waals surface area contributed by atoms with Crippen molar-refractivity contribution in [3.8, 4) is 11.5 Å². The van der Waals surface area contributed by atoms with Gasteiger partial charge >= 0.3 is 0 Å². The van der Waals surface area contributed by atoms with Crippen molar-refractivity contribution in [1.29, 1.82) is 5.41 Å². The molecular formula is C15H16N2O2. The van der Waals surface area contributed by atoms with Gasteiger partial charge in [0, 0.05) is 23.7 Å². The molecule has 0 saturated carbocycles. The minimum Gasteiger partial charge on any atom is -0.508 e. The Bertz CT molecular complexity index is 579. The first-order chi connectivity index (χ1) is 9.08. The predicted octanol–water partition coefficient (Wildman–Crippen LogP) is 2.56. The second kappa shape index (κ2) is 5.54. The van der Waals surface area contributed by atoms with Gasteiger partial charge in [-0.2, -0.15) is 0 Å². The molecule has 0 aromatic heterocycles. The Balaban J connectivity index is 2.11. The molecule has 98 valence electrons. The molecule has 19 heavy (non-hydrogen) atoms. The zero-order valence-corrected chi connectivity index (χ0v) is 10.4. The number of nitrogens with one attached hydrogen (secondary N) is 1. The van der Waals surface area contributed by atoms with Gasteiger partial charge in [-0.15, -0.1) is 0 Å². The lowest BCUT2D eigenvalue weighted by Gasteiger charge is -2.14. The van der Waals surface area contributed by atoms with Crippen LogP contribution in [0.1, 0.15) is 23.6 Å². The van der Waals surface area contributed by atoms with Crippen LogP contribution >= 0.6 is 0 Å². The van der Waals surface area contributed by atoms with Crippen LogP contribution in [-0.2, 0) is 0 Å². The Kier molecular flexibility index (Phi) is 3.82. The molecule has 0 fully saturated rings. The number of hydrogen-bond donors (Lipinski definition) is 4. The quantitative estimate of drug-likeness (QED) is 0.634. The normalized spacial score (nSPS) is 12.1. The summed E-state index contributed by atoms with van der Waals surface area (Å²) in [4.78, 5) is 0. The molecule has 0 aliphatic rings. The largest absolute Gasteiger partial charge is 0.508 e. The Morgan fingerprint density at radius 2 is 1.68 bits per heavy atom. The predicted molar refractivity (Wildman–Crippen MR) is 74.6 cm³/mol. The van der Waals surface area contributed by atoms with Crippen molar-refractivity contribution in [3.63, 3.8) is 0 Å². The van der Waals surface area contributed by atoms with E-state index in [0.717, 1.165) is 0 Å². The average Bonchev–Trinajstić information content (AvgIpc) is 2.39. The number of hydrogen-bond acceptors (Lipinski definition) is 4. The van der Waals surface area contributed by atoms with E-state index in [4.69, 9.17) is 11.1 Å². The highest BCUT2D eigenvalue weighted by Crippen LogP contribution is 2.25. The fraction of sp³-hybridized carbons (Fsp3) is 0.133. The van der Waals surface area contributed by atoms with Crippen molar-refractivity contribution in [2.24, 2.45) is 5.73 Å². The number of rotatable bonds is 4. The number of nitrogens with two attached hydrogens (primary N) is 1. The molecule has 1 unspecified atom stereocenters. The molecule has 0 aliphatic heterocycles. The molecule has 0 spiro atoms. The summed E-state index contributed by atoms with van der Waals surface area (Å²) in [5.74, 6) is 0.315. The molecule has 4 nitrogen and oxygen atoms in total. The zero-order valence-electron chi connectivity index (χ0n) is 10.4. The van der Waals surface area contributed by atoms with E-state index >= 15 is 0 Å². The van der Waals surface area contributed by atoms with E-state index in [-0.39, 0.29) is 11.5 Å². The first-order valence-corrected chi connectivity index (χ1v) is 5.98. The maximum atomic E-state index is 9.72. The number of para-hydroxylation sites is 1. The molecule has 0 radical (unpaired) electrons. The molecule has 0 bridgehead atoms. The number of phenols is 2. The Hall–Kier alpha value is -2.33. The topological polar surface area (TPSA) is 90.3 Å². The van der Waals surface area contributed by atoms with Crippen molar-refractivity contribution in [1.82, 2.24) is 0 Å². The summed E-state index contributed by atoms with van der Waals surface area (Å²) in [5.41, 5.74) is 7.73. The van der Waals surface area contributed by atoms with Gasteiger partial charge in [-0.3, -0.25) is 0 Å². The number of aromatic hydroxyl groups is 2. The standard InChI is InChI=1S/C15H16N2O2/c16-13(10-5-7-11(18)8-6-10)9-14(17)12-3-1-2-4-15(12)19/h1-8,14,16,18-19H,9,17H2. The van der Waals surface area contributed by atoms with Crippen molar-refractivity contribution in [3.05, 3.63) is 59.7 Å². The van der Waals surface area contributed by atoms with Crippen LogP contribution in [0.25, 0.3) is 0 Å². The number of benzene rings is 2. The second-order valence-electron chi connectivity index (χ2n) is 4.39. The molecule has 2 rings (SSSR count). The SMILES string of the molecule is N=C(CC(N)c1ccccc1O)c1ccc(O)cc1. The van der Waals surface area contributed by atoms with Gasteiger partial charge in [0.25, 0.3) is 0 Å². The smallest absolute Gasteiger partial charge is 0.120 e. The second-order valence-corrected chi connectivity index (χ2v) is 4.39. The van der Waals surface area contributed by atoms with Crippen LogP contribution in [0.2, 0.25) is 0 Å². The Labute approximate surface area is 111 Å². The minimum atomic E-state index is -0.428. The van der Waals surface area contributed by atoms with Gasteiger partial charge in [0.1, 0.15) is 11.5 Å². The van der Waals surface area contributed by atoms with Gasteiger partial charge in [0.15, 0.2) is 0 Å². The van der Waals surface area contributed by atoms with Crippen LogP contribution in [0.15, 0.2) is 48.5 Å². The molecule has 0 aliphatic carbocycles. The van der Waals surface area contributed by atoms with Crippen molar-refractivity contribution in [2.45, 2.75) is 12.5 Å². The Morgan fingerprint density at radius 3 is 2.32 bits per heavy atom. The molecule has 5 N–H and O–H groups in total. The van der Waals surface area contributed by atoms with Crippen LogP contribution in [0.5, 0.6) is 11.5 Å². The highest BCUT2D eigenvalue weighted by atomic mass is 16.3. The van der Waals surface area contributed by atoms with E-state index in [1.807, 2.05) is 0 Å². The third-order valence-corrected chi connectivity index (χ3v) is 2.98. The van der Waals surface area contributed by atoms with Crippen LogP contribution in [0, 0.1) is 5.41 Å². The highest BCUT2D eigenvalue weighted by Gasteiger charge is 2.13. The van der Waals surface area contributed by atoms with Gasteiger partial charge < -0.3 is 21.4 Å². The van der Waals surface area contributed by atoms with Crippen LogP contribution in [0.3, 0.4) is 0 Å². The maximum Gasteiger partial charge on any atom is 0.120 e. The van der Waals surface area contributed by atoms with Crippen LogP contribution in [-0.4, -0.2) is 15.9 Å². The monoisotopic (exact) mass is 256 g/mol. The molecule has 0 saturated heterocycles. The van der Waals surface area contributed by atoms with Gasteiger partial charge in [-0.05, 0) is 35.9 Å². The molecule has 2 aromatic rings. The van der Waals surface area contributed by atoms with Gasteiger partial charge in [0.2, 0.25) is 0 Å². The Morgan fingerprint density at radius 1 is 1.05 bits per heavy atom. The molecule has 0 amide bonds. The lowest BCUT2D eigenvalue weighted by Crippen LogP contribution is -2.15. The summed E-state index contributed by atoms with van der Waals surface area (Å²) in [7, 11) is 0. The summed E-state index contributed by atoms with van der Waals surface area (Å²) in [6.07, 6.45) is 0.322. The lowest BCUT2D eigenvalue weighted by molar-refractivity contribution is 0.462. The van der Waals surface area contributed by atoms with Gasteiger partial charge in [-0.25, -0.2) is 0 Å². The van der Waals surface area contributed by atoms with E-state index in [9.17, 15) is 10.2 Å². The number of phenolic OH excluding ortho intramolecular Hbond substituents is 2. The molecular weight excluding hydrogens is 240 g/mol. The molecule has 1 atom stereocenters. The summed E-state index contributed by atoms with van der Waals surface area (Å²) in [6.45, 7) is 0. The summed E-state index contributed by atoms with van der Waals surface area (Å²) in [5, 5.41) is 26.9. The molecule has 2 aromatic carbocycles. The third kappa shape index (κ3) is 3.11. The summed E-state index contributed by atoms with van der Waals surface area (Å²) >= 11 is 0. The van der Waals surface area contributed by atoms with E-state index in [1.165, 1.54) is 12.1 Å². The highest BCUT2D eigenvalue weighted by molar-refractivity contribution is 5.98. The van der Waals surface area contributed by atoms with Crippen LogP contribution in [0.4, 0.5) is 0 Å². The summed E-state index contributed by atoms with van der Waals surface area (Å²) < 4.78 is 0. The van der Waals surface area contributed by atoms with Crippen molar-refractivity contribution in [2.75, 3.05) is 0 Å². The zero-order chi connectivity index (χ0) is 13.8. The van der Waals surface area contributed by atoms with E-state index in [2.05, 4.69) is 0 Å². The van der Waals surface area contributed by atoms with E-state index in [1.54, 1.807) is 36.4 Å². The fourth-order valence-corrected chi connectivity index (χ4v) is 1.91. The van der Waals surface area contributed by atoms with Gasteiger partial charge in [0.05, 0.1) is 0 Å². The lowest BCUT2D eigenvalue weighted by atomic mass is 9.97. The van der Waals surface area contributed by atoms with Crippen molar-refractivity contribution < 1.29 is 10.2 Å². The molecule has 0 heterocycles. The molecule has 4 heteroatoms. The first kappa shape index (κ1) is 13.1. The third-order valence-electron chi connectivity index (χ3n) is 2.98. The van der Waals surface area contributed by atoms with Gasteiger partial charge in [-0.1, -0.05) is 18.2 Å². The van der Waals surface area contributed by atoms with Crippen LogP contribution < -0.4 is 5.73 Å². The van der Waals surface area contributed by atoms with E-state index < -0.39 is 6.04 Å². The first-order valence-electron chi connectivity index (χ1n) is 5.98. The maximum absolute atomic E-state index is 9.72. The minimum absolute atomic E-state index is 0.147. The summed E-state index contributed by atoms with van der Waals surface area (Å²) in [6, 6.07) is 12.9. The van der Waals surface area contributed by atoms with E-state index in [0.29, 0.717) is 23.3 Å². The van der Waals surface area contributed by atoms with Crippen molar-refractivity contribution >= 4 is 5.71 Å². The average molecular weight is 256 g/mol. The fourth-order valence-electron chi connectivity index (χ4n) is 1.91.